The Balaban J connectivity index is 1.95. The molecule has 1 saturated heterocycles. The van der Waals surface area contributed by atoms with E-state index in [4.69, 9.17) is 5.73 Å². The van der Waals surface area contributed by atoms with Gasteiger partial charge in [-0.15, -0.1) is 0 Å². The minimum absolute atomic E-state index is 0.662. The van der Waals surface area contributed by atoms with Crippen LogP contribution in [-0.4, -0.2) is 17.5 Å². The van der Waals surface area contributed by atoms with Gasteiger partial charge in [-0.2, -0.15) is 4.37 Å². The molecule has 2 heterocycles. The number of rotatable bonds is 3. The Morgan fingerprint density at radius 3 is 2.90 bits per heavy atom. The Hall–Kier alpha value is -1.55. The summed E-state index contributed by atoms with van der Waals surface area (Å²) in [6, 6.07) is 10.4. The number of aromatic nitrogens is 1. The molecule has 0 spiro atoms. The molecule has 1 unspecified atom stereocenters. The fourth-order valence-corrected chi connectivity index (χ4v) is 3.84. The smallest absolute Gasteiger partial charge is 0.147 e. The number of hydrogen-bond donors (Lipinski definition) is 1. The van der Waals surface area contributed by atoms with Gasteiger partial charge in [-0.1, -0.05) is 43.7 Å². The first-order valence-corrected chi connectivity index (χ1v) is 8.12. The molecule has 20 heavy (non-hydrogen) atoms. The number of piperidine rings is 1. The zero-order chi connectivity index (χ0) is 13.9. The molecule has 1 aromatic heterocycles. The Labute approximate surface area is 124 Å². The Morgan fingerprint density at radius 2 is 2.15 bits per heavy atom. The summed E-state index contributed by atoms with van der Waals surface area (Å²) < 4.78 is 4.40. The number of anilines is 2. The van der Waals surface area contributed by atoms with Crippen molar-refractivity contribution < 1.29 is 0 Å². The number of benzene rings is 1. The van der Waals surface area contributed by atoms with Gasteiger partial charge in [0.2, 0.25) is 0 Å². The Kier molecular flexibility index (Phi) is 3.92. The van der Waals surface area contributed by atoms with Gasteiger partial charge in [0.05, 0.1) is 5.56 Å². The van der Waals surface area contributed by atoms with Gasteiger partial charge in [-0.25, -0.2) is 0 Å². The van der Waals surface area contributed by atoms with Crippen LogP contribution in [0.5, 0.6) is 0 Å². The lowest BCUT2D eigenvalue weighted by molar-refractivity contribution is 0.406. The number of nitrogens with zero attached hydrogens (tertiary/aromatic N) is 2. The minimum Gasteiger partial charge on any atom is -0.382 e. The standard InChI is InChI=1S/C16H21N3S/c1-2-12-7-6-10-19(11-12)16-14(15(17)18-20-16)13-8-4-3-5-9-13/h3-5,8-9,12H,2,6-7,10-11H2,1H3,(H2,17,18). The van der Waals surface area contributed by atoms with E-state index in [1.54, 1.807) is 11.5 Å². The van der Waals surface area contributed by atoms with E-state index >= 15 is 0 Å². The molecule has 0 saturated carbocycles. The molecule has 4 heteroatoms. The lowest BCUT2D eigenvalue weighted by atomic mass is 9.95. The zero-order valence-corrected chi connectivity index (χ0v) is 12.7. The van der Waals surface area contributed by atoms with Crippen molar-refractivity contribution in [2.24, 2.45) is 5.92 Å². The predicted octanol–water partition coefficient (Wildman–Crippen LogP) is 4.02. The van der Waals surface area contributed by atoms with Gasteiger partial charge in [0, 0.05) is 13.1 Å². The lowest BCUT2D eigenvalue weighted by Gasteiger charge is -2.33. The van der Waals surface area contributed by atoms with E-state index in [1.807, 2.05) is 6.07 Å². The van der Waals surface area contributed by atoms with E-state index in [1.165, 1.54) is 29.8 Å². The van der Waals surface area contributed by atoms with Gasteiger partial charge < -0.3 is 10.6 Å². The van der Waals surface area contributed by atoms with E-state index in [2.05, 4.69) is 40.5 Å². The van der Waals surface area contributed by atoms with Gasteiger partial charge in [0.25, 0.3) is 0 Å². The quantitative estimate of drug-likeness (QED) is 0.927. The summed E-state index contributed by atoms with van der Waals surface area (Å²) in [4.78, 5) is 2.48. The van der Waals surface area contributed by atoms with Crippen molar-refractivity contribution in [2.45, 2.75) is 26.2 Å². The van der Waals surface area contributed by atoms with Crippen LogP contribution in [0.25, 0.3) is 11.1 Å². The molecule has 3 nitrogen and oxygen atoms in total. The van der Waals surface area contributed by atoms with Gasteiger partial charge in [0.15, 0.2) is 0 Å². The monoisotopic (exact) mass is 287 g/mol. The molecular formula is C16H21N3S. The molecule has 106 valence electrons. The number of nitrogen functional groups attached to an aromatic ring is 1. The minimum atomic E-state index is 0.662. The van der Waals surface area contributed by atoms with Crippen molar-refractivity contribution in [1.29, 1.82) is 0 Å². The average molecular weight is 287 g/mol. The SMILES string of the molecule is CCC1CCCN(c2snc(N)c2-c2ccccc2)C1. The third-order valence-corrected chi connectivity index (χ3v) is 5.07. The van der Waals surface area contributed by atoms with Crippen LogP contribution in [0.2, 0.25) is 0 Å². The molecule has 1 atom stereocenters. The van der Waals surface area contributed by atoms with Crippen LogP contribution in [-0.2, 0) is 0 Å². The highest BCUT2D eigenvalue weighted by Gasteiger charge is 2.24. The summed E-state index contributed by atoms with van der Waals surface area (Å²) in [6.45, 7) is 4.54. The third-order valence-electron chi connectivity index (χ3n) is 4.15. The number of nitrogens with two attached hydrogens (primary N) is 1. The van der Waals surface area contributed by atoms with E-state index in [9.17, 15) is 0 Å². The molecule has 2 N–H and O–H groups in total. The highest BCUT2D eigenvalue weighted by molar-refractivity contribution is 7.11. The second-order valence-corrected chi connectivity index (χ2v) is 6.23. The van der Waals surface area contributed by atoms with Crippen LogP contribution < -0.4 is 10.6 Å². The van der Waals surface area contributed by atoms with Gasteiger partial charge >= 0.3 is 0 Å². The third kappa shape index (κ3) is 2.52. The van der Waals surface area contributed by atoms with Crippen molar-refractivity contribution in [2.75, 3.05) is 23.7 Å². The fraction of sp³-hybridized carbons (Fsp3) is 0.438. The maximum absolute atomic E-state index is 6.12. The maximum Gasteiger partial charge on any atom is 0.147 e. The topological polar surface area (TPSA) is 42.2 Å². The van der Waals surface area contributed by atoms with E-state index in [-0.39, 0.29) is 0 Å². The summed E-state index contributed by atoms with van der Waals surface area (Å²) in [5.41, 5.74) is 8.41. The highest BCUT2D eigenvalue weighted by atomic mass is 32.1. The van der Waals surface area contributed by atoms with E-state index in [0.29, 0.717) is 5.82 Å². The predicted molar refractivity (Wildman–Crippen MR) is 87.2 cm³/mol. The first kappa shape index (κ1) is 13.4. The molecule has 0 bridgehead atoms. The van der Waals surface area contributed by atoms with E-state index < -0.39 is 0 Å². The summed E-state index contributed by atoms with van der Waals surface area (Å²) in [5.74, 6) is 1.46. The Morgan fingerprint density at radius 1 is 1.35 bits per heavy atom. The Bertz CT molecular complexity index is 564. The zero-order valence-electron chi connectivity index (χ0n) is 11.9. The van der Waals surface area contributed by atoms with Crippen molar-refractivity contribution in [1.82, 2.24) is 4.37 Å². The normalized spacial score (nSPS) is 19.2. The number of hydrogen-bond acceptors (Lipinski definition) is 4. The van der Waals surface area contributed by atoms with Crippen LogP contribution in [0, 0.1) is 5.92 Å². The molecule has 1 aromatic carbocycles. The second kappa shape index (κ2) is 5.83. The molecule has 0 aliphatic carbocycles. The van der Waals surface area contributed by atoms with Crippen molar-refractivity contribution >= 4 is 22.4 Å². The molecule has 0 amide bonds. The first-order chi connectivity index (χ1) is 9.79. The van der Waals surface area contributed by atoms with Crippen molar-refractivity contribution in [3.05, 3.63) is 30.3 Å². The van der Waals surface area contributed by atoms with Gasteiger partial charge in [-0.05, 0) is 35.9 Å². The molecule has 0 radical (unpaired) electrons. The van der Waals surface area contributed by atoms with Crippen molar-refractivity contribution in [3.63, 3.8) is 0 Å². The average Bonchev–Trinajstić information content (AvgIpc) is 2.90. The van der Waals surface area contributed by atoms with Crippen LogP contribution in [0.4, 0.5) is 10.8 Å². The molecule has 2 aromatic rings. The van der Waals surface area contributed by atoms with Crippen LogP contribution in [0.1, 0.15) is 26.2 Å². The summed E-state index contributed by atoms with van der Waals surface area (Å²) in [6.07, 6.45) is 3.87. The fourth-order valence-electron chi connectivity index (χ4n) is 2.97. The summed E-state index contributed by atoms with van der Waals surface area (Å²) >= 11 is 1.54. The molecule has 1 aliphatic rings. The maximum atomic E-state index is 6.12. The van der Waals surface area contributed by atoms with Crippen LogP contribution in [0.15, 0.2) is 30.3 Å². The van der Waals surface area contributed by atoms with Gasteiger partial charge in [0.1, 0.15) is 10.8 Å². The van der Waals surface area contributed by atoms with Crippen molar-refractivity contribution in [3.8, 4) is 11.1 Å². The largest absolute Gasteiger partial charge is 0.382 e. The van der Waals surface area contributed by atoms with E-state index in [0.717, 1.165) is 24.6 Å². The lowest BCUT2D eigenvalue weighted by Crippen LogP contribution is -2.34. The first-order valence-electron chi connectivity index (χ1n) is 7.35. The molecule has 1 fully saturated rings. The second-order valence-electron chi connectivity index (χ2n) is 5.48. The molecule has 3 rings (SSSR count). The molecular weight excluding hydrogens is 266 g/mol. The van der Waals surface area contributed by atoms with Crippen LogP contribution >= 0.6 is 11.5 Å². The highest BCUT2D eigenvalue weighted by Crippen LogP contribution is 2.40. The van der Waals surface area contributed by atoms with Crippen LogP contribution in [0.3, 0.4) is 0 Å². The van der Waals surface area contributed by atoms with Gasteiger partial charge in [-0.3, -0.25) is 0 Å². The molecule has 1 aliphatic heterocycles. The summed E-state index contributed by atoms with van der Waals surface area (Å²) in [5, 5.41) is 1.24. The summed E-state index contributed by atoms with van der Waals surface area (Å²) in [7, 11) is 0.